The van der Waals surface area contributed by atoms with E-state index in [2.05, 4.69) is 4.98 Å². The number of aromatic nitrogens is 1. The van der Waals surface area contributed by atoms with Gasteiger partial charge in [-0.1, -0.05) is 11.6 Å². The molecule has 0 fully saturated rings. The molecule has 0 unspecified atom stereocenters. The largest absolute Gasteiger partial charge is 0.488 e. The van der Waals surface area contributed by atoms with Gasteiger partial charge in [0, 0.05) is 16.1 Å². The maximum absolute atomic E-state index is 14.1. The molecule has 0 bridgehead atoms. The number of alkyl halides is 3. The lowest BCUT2D eigenvalue weighted by Gasteiger charge is -2.16. The molecule has 0 saturated heterocycles. The Morgan fingerprint density at radius 2 is 1.74 bits per heavy atom. The third-order valence-electron chi connectivity index (χ3n) is 5.93. The second kappa shape index (κ2) is 11.1. The van der Waals surface area contributed by atoms with Crippen molar-refractivity contribution in [3.05, 3.63) is 93.0 Å². The van der Waals surface area contributed by atoms with Crippen molar-refractivity contribution in [2.75, 3.05) is 6.61 Å². The zero-order chi connectivity index (χ0) is 27.6. The first kappa shape index (κ1) is 27.5. The number of nitrogens with zero attached hydrogens (tertiary/aromatic N) is 1. The van der Waals surface area contributed by atoms with Crippen LogP contribution in [0.3, 0.4) is 0 Å². The first-order chi connectivity index (χ1) is 18.0. The zero-order valence-corrected chi connectivity index (χ0v) is 20.7. The Balaban J connectivity index is 1.78. The van der Waals surface area contributed by atoms with Crippen LogP contribution >= 0.6 is 11.6 Å². The second-order valence-electron chi connectivity index (χ2n) is 8.42. The van der Waals surface area contributed by atoms with Crippen LogP contribution in [0, 0.1) is 17.5 Å². The molecule has 0 amide bonds. The summed E-state index contributed by atoms with van der Waals surface area (Å²) in [7, 11) is 0. The number of allylic oxidation sites excluding steroid dienone is 2. The van der Waals surface area contributed by atoms with Gasteiger partial charge in [0.2, 0.25) is 0 Å². The number of rotatable bonds is 7. The summed E-state index contributed by atoms with van der Waals surface area (Å²) in [4.78, 5) is 16.4. The van der Waals surface area contributed by atoms with Crippen LogP contribution in [0.15, 0.2) is 42.5 Å². The summed E-state index contributed by atoms with van der Waals surface area (Å²) >= 11 is 6.20. The first-order valence-corrected chi connectivity index (χ1v) is 11.9. The number of pyridine rings is 1. The molecule has 0 aliphatic heterocycles. The van der Waals surface area contributed by atoms with Gasteiger partial charge < -0.3 is 9.47 Å². The Bertz CT molecular complexity index is 1420. The number of benzene rings is 2. The monoisotopic (exact) mass is 555 g/mol. The van der Waals surface area contributed by atoms with E-state index < -0.39 is 47.5 Å². The normalized spacial score (nSPS) is 13.7. The molecule has 0 saturated carbocycles. The van der Waals surface area contributed by atoms with Gasteiger partial charge in [-0.05, 0) is 79.8 Å². The quantitative estimate of drug-likeness (QED) is 0.168. The maximum atomic E-state index is 14.1. The van der Waals surface area contributed by atoms with E-state index >= 15 is 0 Å². The average Bonchev–Trinajstić information content (AvgIpc) is 3.37. The molecule has 0 atom stereocenters. The van der Waals surface area contributed by atoms with Gasteiger partial charge in [-0.2, -0.15) is 13.2 Å². The van der Waals surface area contributed by atoms with Crippen LogP contribution in [-0.4, -0.2) is 17.6 Å². The van der Waals surface area contributed by atoms with Crippen molar-refractivity contribution < 1.29 is 40.6 Å². The molecule has 38 heavy (non-hydrogen) atoms. The Labute approximate surface area is 218 Å². The lowest BCUT2D eigenvalue weighted by Crippen LogP contribution is -2.13. The summed E-state index contributed by atoms with van der Waals surface area (Å²) in [5.41, 5.74) is -0.364. The summed E-state index contributed by atoms with van der Waals surface area (Å²) < 4.78 is 92.6. The van der Waals surface area contributed by atoms with E-state index in [1.54, 1.807) is 6.07 Å². The lowest BCUT2D eigenvalue weighted by atomic mass is 9.98. The standard InChI is InChI=1S/C27H20ClF6NO3/c1-2-37-26(36)22-11-15(27(32,33)34)10-21(35-22)18-5-3-4-17(18)19-12-16(28)7-9-23(19)38-13-14-6-8-20(29)25(31)24(14)30/h6-12H,2-5,13H2,1H3. The van der Waals surface area contributed by atoms with E-state index in [0.29, 0.717) is 47.1 Å². The zero-order valence-electron chi connectivity index (χ0n) is 19.9. The van der Waals surface area contributed by atoms with Crippen molar-refractivity contribution in [2.45, 2.75) is 39.0 Å². The molecule has 0 spiro atoms. The van der Waals surface area contributed by atoms with E-state index in [1.807, 2.05) is 0 Å². The molecular formula is C27H20ClF6NO3. The molecule has 4 rings (SSSR count). The van der Waals surface area contributed by atoms with Gasteiger partial charge >= 0.3 is 12.1 Å². The second-order valence-corrected chi connectivity index (χ2v) is 8.86. The Hall–Kier alpha value is -3.53. The molecule has 1 aromatic heterocycles. The molecule has 2 aromatic carbocycles. The fraction of sp³-hybridized carbons (Fsp3) is 0.259. The van der Waals surface area contributed by atoms with Gasteiger partial charge in [0.25, 0.3) is 0 Å². The van der Waals surface area contributed by atoms with Crippen molar-refractivity contribution in [3.63, 3.8) is 0 Å². The van der Waals surface area contributed by atoms with Crippen LogP contribution in [-0.2, 0) is 17.5 Å². The summed E-state index contributed by atoms with van der Waals surface area (Å²) in [6, 6.07) is 7.86. The van der Waals surface area contributed by atoms with Crippen LogP contribution in [0.5, 0.6) is 5.75 Å². The number of halogens is 7. The SMILES string of the molecule is CCOC(=O)c1cc(C(F)(F)F)cc(C2=C(c3cc(Cl)ccc3OCc3ccc(F)c(F)c3F)CCC2)n1. The summed E-state index contributed by atoms with van der Waals surface area (Å²) in [6.07, 6.45) is -3.38. The summed E-state index contributed by atoms with van der Waals surface area (Å²) in [5, 5.41) is 0.300. The molecule has 200 valence electrons. The van der Waals surface area contributed by atoms with Crippen LogP contribution in [0.1, 0.15) is 59.1 Å². The highest BCUT2D eigenvalue weighted by Crippen LogP contribution is 2.44. The van der Waals surface area contributed by atoms with Gasteiger partial charge in [0.15, 0.2) is 17.5 Å². The molecular weight excluding hydrogens is 536 g/mol. The molecule has 0 radical (unpaired) electrons. The van der Waals surface area contributed by atoms with E-state index in [4.69, 9.17) is 21.1 Å². The number of carbonyl (C=O) groups is 1. The molecule has 11 heteroatoms. The number of esters is 1. The van der Waals surface area contributed by atoms with Crippen LogP contribution in [0.4, 0.5) is 26.3 Å². The molecule has 1 aliphatic rings. The highest BCUT2D eigenvalue weighted by Gasteiger charge is 2.34. The van der Waals surface area contributed by atoms with Gasteiger partial charge in [-0.15, -0.1) is 0 Å². The van der Waals surface area contributed by atoms with Gasteiger partial charge in [-0.3, -0.25) is 0 Å². The van der Waals surface area contributed by atoms with E-state index in [1.165, 1.54) is 19.1 Å². The van der Waals surface area contributed by atoms with Gasteiger partial charge in [-0.25, -0.2) is 22.9 Å². The lowest BCUT2D eigenvalue weighted by molar-refractivity contribution is -0.137. The molecule has 3 aromatic rings. The molecule has 1 aliphatic carbocycles. The highest BCUT2D eigenvalue weighted by molar-refractivity contribution is 6.30. The van der Waals surface area contributed by atoms with Crippen LogP contribution in [0.25, 0.3) is 11.1 Å². The summed E-state index contributed by atoms with van der Waals surface area (Å²) in [6.45, 7) is 1.04. The Morgan fingerprint density at radius 3 is 2.45 bits per heavy atom. The van der Waals surface area contributed by atoms with Crippen LogP contribution < -0.4 is 4.74 Å². The minimum absolute atomic E-state index is 0.0399. The van der Waals surface area contributed by atoms with Crippen LogP contribution in [0.2, 0.25) is 5.02 Å². The van der Waals surface area contributed by atoms with Gasteiger partial charge in [0.1, 0.15) is 18.1 Å². The number of ether oxygens (including phenoxy) is 2. The fourth-order valence-corrected chi connectivity index (χ4v) is 4.35. The third kappa shape index (κ3) is 5.80. The Morgan fingerprint density at radius 1 is 1.00 bits per heavy atom. The number of hydrogen-bond acceptors (Lipinski definition) is 4. The predicted molar refractivity (Wildman–Crippen MR) is 128 cm³/mol. The number of carbonyl (C=O) groups excluding carboxylic acids is 1. The van der Waals surface area contributed by atoms with Gasteiger partial charge in [0.05, 0.1) is 17.9 Å². The van der Waals surface area contributed by atoms with E-state index in [9.17, 15) is 31.1 Å². The smallest absolute Gasteiger partial charge is 0.416 e. The topological polar surface area (TPSA) is 48.4 Å². The number of hydrogen-bond donors (Lipinski definition) is 0. The third-order valence-corrected chi connectivity index (χ3v) is 6.16. The summed E-state index contributed by atoms with van der Waals surface area (Å²) in [5.74, 6) is -5.14. The average molecular weight is 556 g/mol. The van der Waals surface area contributed by atoms with Crippen molar-refractivity contribution in [1.29, 1.82) is 0 Å². The minimum atomic E-state index is -4.74. The van der Waals surface area contributed by atoms with Crippen molar-refractivity contribution in [1.82, 2.24) is 4.98 Å². The minimum Gasteiger partial charge on any atom is -0.488 e. The van der Waals surface area contributed by atoms with E-state index in [-0.39, 0.29) is 23.6 Å². The highest BCUT2D eigenvalue weighted by atomic mass is 35.5. The fourth-order valence-electron chi connectivity index (χ4n) is 4.18. The molecule has 0 N–H and O–H groups in total. The molecule has 4 nitrogen and oxygen atoms in total. The Kier molecular flexibility index (Phi) is 8.01. The predicted octanol–water partition coefficient (Wildman–Crippen LogP) is 8.02. The van der Waals surface area contributed by atoms with Crippen molar-refractivity contribution >= 4 is 28.7 Å². The van der Waals surface area contributed by atoms with Crippen molar-refractivity contribution in [2.24, 2.45) is 0 Å². The molecule has 1 heterocycles. The maximum Gasteiger partial charge on any atom is 0.416 e. The van der Waals surface area contributed by atoms with Crippen molar-refractivity contribution in [3.8, 4) is 5.75 Å². The van der Waals surface area contributed by atoms with E-state index in [0.717, 1.165) is 18.2 Å². The first-order valence-electron chi connectivity index (χ1n) is 11.5.